The van der Waals surface area contributed by atoms with Gasteiger partial charge in [0, 0.05) is 16.5 Å². The molecule has 0 heterocycles. The molecule has 1 nitrogen and oxygen atoms in total. The van der Waals surface area contributed by atoms with Crippen LogP contribution in [-0.4, -0.2) is 5.78 Å². The van der Waals surface area contributed by atoms with Crippen LogP contribution in [-0.2, 0) is 6.42 Å². The highest BCUT2D eigenvalue weighted by atomic mass is 35.5. The third-order valence-electron chi connectivity index (χ3n) is 3.49. The van der Waals surface area contributed by atoms with Crippen molar-refractivity contribution in [1.82, 2.24) is 0 Å². The minimum absolute atomic E-state index is 0.0703. The summed E-state index contributed by atoms with van der Waals surface area (Å²) in [7, 11) is 0. The third-order valence-corrected chi connectivity index (χ3v) is 3.71. The van der Waals surface area contributed by atoms with Gasteiger partial charge in [-0.1, -0.05) is 48.9 Å². The molecule has 0 saturated carbocycles. The lowest BCUT2D eigenvalue weighted by Crippen LogP contribution is -2.04. The number of rotatable bonds is 1. The van der Waals surface area contributed by atoms with Crippen molar-refractivity contribution in [3.8, 4) is 11.1 Å². The largest absolute Gasteiger partial charge is 0.294 e. The topological polar surface area (TPSA) is 17.1 Å². The van der Waals surface area contributed by atoms with Crippen molar-refractivity contribution < 1.29 is 4.79 Å². The number of Topliss-reactive ketones (excluding diaryl/α,β-unsaturated/α-hetero) is 1. The smallest absolute Gasteiger partial charge is 0.166 e. The predicted octanol–water partition coefficient (Wildman–Crippen LogP) is 4.38. The van der Waals surface area contributed by atoms with Gasteiger partial charge in [0.25, 0.3) is 0 Å². The Morgan fingerprint density at radius 2 is 1.89 bits per heavy atom. The molecule has 0 bridgehead atoms. The van der Waals surface area contributed by atoms with Crippen molar-refractivity contribution in [2.75, 3.05) is 0 Å². The van der Waals surface area contributed by atoms with Gasteiger partial charge in [-0.25, -0.2) is 0 Å². The second kappa shape index (κ2) is 4.25. The van der Waals surface area contributed by atoms with Crippen LogP contribution in [0.1, 0.15) is 22.8 Å². The molecule has 18 heavy (non-hydrogen) atoms. The molecule has 1 atom stereocenters. The first-order valence-corrected chi connectivity index (χ1v) is 6.46. The van der Waals surface area contributed by atoms with Crippen LogP contribution < -0.4 is 0 Å². The number of benzene rings is 2. The lowest BCUT2D eigenvalue weighted by molar-refractivity contribution is 0.0947. The number of ketones is 1. The molecule has 0 amide bonds. The molecule has 0 saturated heterocycles. The van der Waals surface area contributed by atoms with Crippen molar-refractivity contribution >= 4 is 17.4 Å². The average molecular weight is 257 g/mol. The summed E-state index contributed by atoms with van der Waals surface area (Å²) in [6.07, 6.45) is 0.800. The van der Waals surface area contributed by atoms with Gasteiger partial charge in [-0.2, -0.15) is 0 Å². The zero-order chi connectivity index (χ0) is 12.7. The maximum atomic E-state index is 12.3. The minimum Gasteiger partial charge on any atom is -0.294 e. The van der Waals surface area contributed by atoms with Gasteiger partial charge in [0.15, 0.2) is 5.78 Å². The second-order valence-corrected chi connectivity index (χ2v) is 5.26. The Morgan fingerprint density at radius 3 is 2.61 bits per heavy atom. The van der Waals surface area contributed by atoms with Gasteiger partial charge >= 0.3 is 0 Å². The fourth-order valence-corrected chi connectivity index (χ4v) is 2.87. The summed E-state index contributed by atoms with van der Waals surface area (Å²) >= 11 is 6.16. The van der Waals surface area contributed by atoms with E-state index in [-0.39, 0.29) is 11.7 Å². The first-order valence-electron chi connectivity index (χ1n) is 6.09. The third kappa shape index (κ3) is 1.75. The second-order valence-electron chi connectivity index (χ2n) is 4.82. The molecular weight excluding hydrogens is 244 g/mol. The van der Waals surface area contributed by atoms with Crippen molar-refractivity contribution in [3.63, 3.8) is 0 Å². The van der Waals surface area contributed by atoms with Gasteiger partial charge in [0.2, 0.25) is 0 Å². The molecule has 90 valence electrons. The number of carbonyl (C=O) groups excluding carboxylic acids is 1. The van der Waals surface area contributed by atoms with Gasteiger partial charge in [0.05, 0.1) is 0 Å². The van der Waals surface area contributed by atoms with E-state index in [0.29, 0.717) is 5.02 Å². The Balaban J connectivity index is 2.26. The Bertz CT molecular complexity index is 616. The molecule has 0 aliphatic heterocycles. The normalized spacial score (nSPS) is 17.9. The lowest BCUT2D eigenvalue weighted by Gasteiger charge is -2.08. The fraction of sp³-hybridized carbons (Fsp3) is 0.188. The van der Waals surface area contributed by atoms with E-state index in [9.17, 15) is 4.79 Å². The summed E-state index contributed by atoms with van der Waals surface area (Å²) in [5.41, 5.74) is 3.96. The SMILES string of the molecule is CC1Cc2cc(Cl)cc(-c3ccccc3)c2C1=O. The molecule has 1 aliphatic carbocycles. The highest BCUT2D eigenvalue weighted by Crippen LogP contribution is 2.37. The number of hydrogen-bond donors (Lipinski definition) is 0. The molecule has 1 aliphatic rings. The quantitative estimate of drug-likeness (QED) is 0.740. The minimum atomic E-state index is 0.0703. The molecular formula is C16H13ClO. The van der Waals surface area contributed by atoms with Crippen LogP contribution >= 0.6 is 11.6 Å². The summed E-state index contributed by atoms with van der Waals surface area (Å²) < 4.78 is 0. The Labute approximate surface area is 111 Å². The predicted molar refractivity (Wildman–Crippen MR) is 74.1 cm³/mol. The average Bonchev–Trinajstić information content (AvgIpc) is 2.65. The van der Waals surface area contributed by atoms with Crippen LogP contribution in [0.25, 0.3) is 11.1 Å². The van der Waals surface area contributed by atoms with Gasteiger partial charge in [-0.05, 0) is 35.2 Å². The monoisotopic (exact) mass is 256 g/mol. The van der Waals surface area contributed by atoms with Gasteiger partial charge in [-0.15, -0.1) is 0 Å². The molecule has 3 rings (SSSR count). The van der Waals surface area contributed by atoms with E-state index in [0.717, 1.165) is 28.7 Å². The van der Waals surface area contributed by atoms with E-state index >= 15 is 0 Å². The molecule has 0 radical (unpaired) electrons. The molecule has 0 fully saturated rings. The maximum Gasteiger partial charge on any atom is 0.166 e. The standard InChI is InChI=1S/C16H13ClO/c1-10-7-12-8-13(17)9-14(15(12)16(10)18)11-5-3-2-4-6-11/h2-6,8-10H,7H2,1H3. The van der Waals surface area contributed by atoms with Crippen LogP contribution in [0.3, 0.4) is 0 Å². The molecule has 1 unspecified atom stereocenters. The fourth-order valence-electron chi connectivity index (χ4n) is 2.63. The summed E-state index contributed by atoms with van der Waals surface area (Å²) in [6, 6.07) is 13.8. The van der Waals surface area contributed by atoms with Crippen molar-refractivity contribution in [2.24, 2.45) is 5.92 Å². The summed E-state index contributed by atoms with van der Waals surface area (Å²) in [6.45, 7) is 1.98. The Morgan fingerprint density at radius 1 is 1.17 bits per heavy atom. The number of halogens is 1. The van der Waals surface area contributed by atoms with E-state index in [2.05, 4.69) is 0 Å². The van der Waals surface area contributed by atoms with E-state index < -0.39 is 0 Å². The van der Waals surface area contributed by atoms with Gasteiger partial charge in [0.1, 0.15) is 0 Å². The Kier molecular flexibility index (Phi) is 2.71. The molecule has 2 aromatic rings. The summed E-state index contributed by atoms with van der Waals surface area (Å²) in [5, 5.41) is 0.703. The van der Waals surface area contributed by atoms with Crippen LogP contribution in [0, 0.1) is 5.92 Å². The first kappa shape index (κ1) is 11.5. The molecule has 2 aromatic carbocycles. The molecule has 0 N–H and O–H groups in total. The van der Waals surface area contributed by atoms with Crippen molar-refractivity contribution in [2.45, 2.75) is 13.3 Å². The highest BCUT2D eigenvalue weighted by molar-refractivity contribution is 6.31. The van der Waals surface area contributed by atoms with E-state index in [4.69, 9.17) is 11.6 Å². The van der Waals surface area contributed by atoms with Crippen molar-refractivity contribution in [1.29, 1.82) is 0 Å². The number of fused-ring (bicyclic) bond motifs is 1. The van der Waals surface area contributed by atoms with Gasteiger partial charge in [-0.3, -0.25) is 4.79 Å². The van der Waals surface area contributed by atoms with Crippen LogP contribution in [0.4, 0.5) is 0 Å². The van der Waals surface area contributed by atoms with E-state index in [1.165, 1.54) is 0 Å². The first-order chi connectivity index (χ1) is 8.66. The maximum absolute atomic E-state index is 12.3. The van der Waals surface area contributed by atoms with E-state index in [1.807, 2.05) is 49.4 Å². The number of carbonyl (C=O) groups is 1. The van der Waals surface area contributed by atoms with Crippen LogP contribution in [0.5, 0.6) is 0 Å². The van der Waals surface area contributed by atoms with E-state index in [1.54, 1.807) is 0 Å². The zero-order valence-corrected chi connectivity index (χ0v) is 10.9. The summed E-state index contributed by atoms with van der Waals surface area (Å²) in [4.78, 5) is 12.3. The van der Waals surface area contributed by atoms with Crippen LogP contribution in [0.2, 0.25) is 5.02 Å². The number of hydrogen-bond acceptors (Lipinski definition) is 1. The van der Waals surface area contributed by atoms with Gasteiger partial charge < -0.3 is 0 Å². The lowest BCUT2D eigenvalue weighted by atomic mass is 9.96. The highest BCUT2D eigenvalue weighted by Gasteiger charge is 2.30. The Hall–Kier alpha value is -1.60. The summed E-state index contributed by atoms with van der Waals surface area (Å²) in [5.74, 6) is 0.307. The zero-order valence-electron chi connectivity index (χ0n) is 10.1. The van der Waals surface area contributed by atoms with Crippen LogP contribution in [0.15, 0.2) is 42.5 Å². The molecule has 0 spiro atoms. The molecule has 0 aromatic heterocycles. The van der Waals surface area contributed by atoms with Crippen molar-refractivity contribution in [3.05, 3.63) is 58.6 Å². The molecule has 2 heteroatoms.